The number of carbonyl (C=O) groups is 1. The van der Waals surface area contributed by atoms with Crippen molar-refractivity contribution in [3.63, 3.8) is 0 Å². The van der Waals surface area contributed by atoms with E-state index in [0.29, 0.717) is 30.2 Å². The summed E-state index contributed by atoms with van der Waals surface area (Å²) in [7, 11) is 3.05. The van der Waals surface area contributed by atoms with Gasteiger partial charge in [-0.15, -0.1) is 0 Å². The van der Waals surface area contributed by atoms with Gasteiger partial charge < -0.3 is 19.3 Å². The first-order valence-electron chi connectivity index (χ1n) is 8.51. The van der Waals surface area contributed by atoms with Gasteiger partial charge in [0.25, 0.3) is 5.91 Å². The quantitative estimate of drug-likeness (QED) is 0.500. The Balaban J connectivity index is 3.20. The summed E-state index contributed by atoms with van der Waals surface area (Å²) in [6.45, 7) is 12.9. The maximum atomic E-state index is 12.5. The van der Waals surface area contributed by atoms with Crippen molar-refractivity contribution in [1.29, 1.82) is 0 Å². The average Bonchev–Trinajstić information content (AvgIpc) is 2.57. The minimum absolute atomic E-state index is 0.0611. The maximum absolute atomic E-state index is 12.5. The molecule has 1 amide bonds. The molecule has 0 spiro atoms. The molecule has 0 bridgehead atoms. The SMILES string of the molecule is CCN(CC)C(=O)c1ccc(OC(C)(C)C(C)(C)OC)c(OOC)c1. The average molecular weight is 353 g/mol. The fraction of sp³-hybridized carbons (Fsp3) is 0.632. The standard InChI is InChI=1S/C19H31NO5/c1-9-20(10-2)17(21)14-11-12-15(16(13-14)25-23-8)24-19(5,6)18(3,4)22-7/h11-13H,9-10H2,1-8H3. The lowest BCUT2D eigenvalue weighted by Gasteiger charge is -2.40. The molecule has 1 rings (SSSR count). The van der Waals surface area contributed by atoms with Gasteiger partial charge in [-0.3, -0.25) is 4.79 Å². The molecule has 25 heavy (non-hydrogen) atoms. The zero-order chi connectivity index (χ0) is 19.3. The summed E-state index contributed by atoms with van der Waals surface area (Å²) in [6.07, 6.45) is 0. The van der Waals surface area contributed by atoms with E-state index in [1.54, 1.807) is 30.2 Å². The number of amides is 1. The lowest BCUT2D eigenvalue weighted by molar-refractivity contribution is -0.182. The van der Waals surface area contributed by atoms with Crippen molar-refractivity contribution in [2.75, 3.05) is 27.3 Å². The second kappa shape index (κ2) is 8.54. The van der Waals surface area contributed by atoms with Gasteiger partial charge in [-0.2, -0.15) is 4.89 Å². The van der Waals surface area contributed by atoms with E-state index in [1.165, 1.54) is 7.11 Å². The van der Waals surface area contributed by atoms with Crippen LogP contribution in [0.1, 0.15) is 51.9 Å². The van der Waals surface area contributed by atoms with Gasteiger partial charge >= 0.3 is 0 Å². The molecule has 0 saturated heterocycles. The summed E-state index contributed by atoms with van der Waals surface area (Å²) in [4.78, 5) is 24.3. The van der Waals surface area contributed by atoms with Gasteiger partial charge in [-0.05, 0) is 53.7 Å². The molecule has 6 heteroatoms. The summed E-state index contributed by atoms with van der Waals surface area (Å²) in [6, 6.07) is 5.09. The summed E-state index contributed by atoms with van der Waals surface area (Å²) in [5, 5.41) is 0. The zero-order valence-corrected chi connectivity index (χ0v) is 16.6. The topological polar surface area (TPSA) is 57.2 Å². The molecular formula is C19H31NO5. The smallest absolute Gasteiger partial charge is 0.253 e. The van der Waals surface area contributed by atoms with Crippen LogP contribution >= 0.6 is 0 Å². The number of hydrogen-bond donors (Lipinski definition) is 0. The van der Waals surface area contributed by atoms with E-state index in [2.05, 4.69) is 0 Å². The van der Waals surface area contributed by atoms with Crippen LogP contribution in [-0.4, -0.2) is 49.3 Å². The minimum Gasteiger partial charge on any atom is -0.481 e. The fourth-order valence-electron chi connectivity index (χ4n) is 2.22. The molecule has 1 aromatic carbocycles. The highest BCUT2D eigenvalue weighted by Gasteiger charge is 2.40. The number of benzene rings is 1. The maximum Gasteiger partial charge on any atom is 0.253 e. The third kappa shape index (κ3) is 4.86. The van der Waals surface area contributed by atoms with Crippen LogP contribution in [0.3, 0.4) is 0 Å². The van der Waals surface area contributed by atoms with E-state index in [4.69, 9.17) is 19.2 Å². The Hall–Kier alpha value is -1.79. The second-order valence-electron chi connectivity index (χ2n) is 6.72. The molecule has 0 atom stereocenters. The first-order chi connectivity index (χ1) is 11.6. The van der Waals surface area contributed by atoms with Gasteiger partial charge in [0.1, 0.15) is 11.2 Å². The molecule has 0 aromatic heterocycles. The van der Waals surface area contributed by atoms with E-state index in [1.807, 2.05) is 41.5 Å². The van der Waals surface area contributed by atoms with Crippen LogP contribution in [0, 0.1) is 0 Å². The predicted molar refractivity (Wildman–Crippen MR) is 97.1 cm³/mol. The van der Waals surface area contributed by atoms with Crippen molar-refractivity contribution in [3.05, 3.63) is 23.8 Å². The fourth-order valence-corrected chi connectivity index (χ4v) is 2.22. The summed E-state index contributed by atoms with van der Waals surface area (Å²) in [5.74, 6) is 0.766. The summed E-state index contributed by atoms with van der Waals surface area (Å²) >= 11 is 0. The van der Waals surface area contributed by atoms with Crippen LogP contribution in [0.15, 0.2) is 18.2 Å². The third-order valence-electron chi connectivity index (χ3n) is 4.74. The Labute approximate surface area is 150 Å². The molecule has 0 radical (unpaired) electrons. The Bertz CT molecular complexity index is 579. The van der Waals surface area contributed by atoms with Crippen LogP contribution in [-0.2, 0) is 9.62 Å². The minimum atomic E-state index is -0.641. The van der Waals surface area contributed by atoms with Crippen LogP contribution in [0.2, 0.25) is 0 Å². The van der Waals surface area contributed by atoms with Gasteiger partial charge in [0, 0.05) is 31.8 Å². The van der Waals surface area contributed by atoms with Gasteiger partial charge in [-0.25, -0.2) is 0 Å². The van der Waals surface area contributed by atoms with Gasteiger partial charge in [-0.1, -0.05) is 0 Å². The Morgan fingerprint density at radius 2 is 1.60 bits per heavy atom. The molecule has 0 N–H and O–H groups in total. The summed E-state index contributed by atoms with van der Waals surface area (Å²) < 4.78 is 11.7. The van der Waals surface area contributed by atoms with Crippen molar-refractivity contribution < 1.29 is 24.0 Å². The van der Waals surface area contributed by atoms with E-state index >= 15 is 0 Å². The van der Waals surface area contributed by atoms with Gasteiger partial charge in [0.2, 0.25) is 5.75 Å². The van der Waals surface area contributed by atoms with Crippen molar-refractivity contribution in [2.24, 2.45) is 0 Å². The van der Waals surface area contributed by atoms with Gasteiger partial charge in [0.05, 0.1) is 7.11 Å². The van der Waals surface area contributed by atoms with Crippen LogP contribution < -0.4 is 9.62 Å². The van der Waals surface area contributed by atoms with E-state index < -0.39 is 11.2 Å². The molecule has 1 aromatic rings. The highest BCUT2D eigenvalue weighted by molar-refractivity contribution is 5.94. The lowest BCUT2D eigenvalue weighted by Crippen LogP contribution is -2.51. The van der Waals surface area contributed by atoms with Gasteiger partial charge in [0.15, 0.2) is 5.75 Å². The molecule has 6 nitrogen and oxygen atoms in total. The van der Waals surface area contributed by atoms with Crippen LogP contribution in [0.5, 0.6) is 11.5 Å². The number of hydrogen-bond acceptors (Lipinski definition) is 5. The van der Waals surface area contributed by atoms with Crippen LogP contribution in [0.4, 0.5) is 0 Å². The first kappa shape index (κ1) is 21.3. The Kier molecular flexibility index (Phi) is 7.26. The lowest BCUT2D eigenvalue weighted by atomic mass is 9.89. The van der Waals surface area contributed by atoms with E-state index in [0.717, 1.165) is 0 Å². The molecule has 0 unspecified atom stereocenters. The summed E-state index contributed by atoms with van der Waals surface area (Å²) in [5.41, 5.74) is -0.655. The Morgan fingerprint density at radius 1 is 1.00 bits per heavy atom. The predicted octanol–water partition coefficient (Wildman–Crippen LogP) is 3.69. The van der Waals surface area contributed by atoms with Crippen molar-refractivity contribution >= 4 is 5.91 Å². The number of carbonyl (C=O) groups excluding carboxylic acids is 1. The molecule has 0 fully saturated rings. The molecule has 0 aliphatic heterocycles. The first-order valence-corrected chi connectivity index (χ1v) is 8.51. The normalized spacial score (nSPS) is 12.0. The largest absolute Gasteiger partial charge is 0.481 e. The van der Waals surface area contributed by atoms with Crippen molar-refractivity contribution in [1.82, 2.24) is 4.90 Å². The van der Waals surface area contributed by atoms with Crippen LogP contribution in [0.25, 0.3) is 0 Å². The molecule has 0 saturated carbocycles. The molecule has 142 valence electrons. The molecular weight excluding hydrogens is 322 g/mol. The zero-order valence-electron chi connectivity index (χ0n) is 16.6. The van der Waals surface area contributed by atoms with E-state index in [-0.39, 0.29) is 5.91 Å². The van der Waals surface area contributed by atoms with Crippen molar-refractivity contribution in [3.8, 4) is 11.5 Å². The Morgan fingerprint density at radius 3 is 2.08 bits per heavy atom. The number of nitrogens with zero attached hydrogens (tertiary/aromatic N) is 1. The van der Waals surface area contributed by atoms with E-state index in [9.17, 15) is 4.79 Å². The monoisotopic (exact) mass is 353 g/mol. The highest BCUT2D eigenvalue weighted by Crippen LogP contribution is 2.36. The molecule has 0 aliphatic carbocycles. The van der Waals surface area contributed by atoms with Crippen molar-refractivity contribution in [2.45, 2.75) is 52.7 Å². The number of rotatable bonds is 9. The molecule has 0 heterocycles. The second-order valence-corrected chi connectivity index (χ2v) is 6.72. The highest BCUT2D eigenvalue weighted by atomic mass is 17.2. The third-order valence-corrected chi connectivity index (χ3v) is 4.74. The number of ether oxygens (including phenoxy) is 2. The number of methoxy groups -OCH3 is 1. The molecule has 0 aliphatic rings.